The molecular weight excluding hydrogens is 1050 g/mol. The van der Waals surface area contributed by atoms with Crippen molar-refractivity contribution in [2.45, 2.75) is 145 Å². The lowest BCUT2D eigenvalue weighted by Crippen LogP contribution is -2.35. The molecule has 2 amide bonds. The standard InChI is InChI=1S/C57H69N8O14P/c1-30(2)48(67)61-54-60-47-46(50(69)62-54)40(63-64(47)45-28-41(66)44(78-45)29-74-80(73-24-14-22-58)65(31(3)4)32(5)6)15-13-23-59-49(68)33-16-19-36-39(25-33)57(79-51(36)70)37-20-17-34(75-52(71)55(7,8)9)26-42(37)77-43-27-35(18-21-38(43)57)76-53(72)56(10,11)12/h16-21,25-27,30-32,41,44-45,66H,13-15,23-24,28-29H2,1-12H3,(H,59,68)(H2,60,61,62,67,69)/t41-,44+,45+,80?/m0/s1. The van der Waals surface area contributed by atoms with Gasteiger partial charge in [0.2, 0.25) is 11.9 Å². The maximum Gasteiger partial charge on any atom is 0.340 e. The van der Waals surface area contributed by atoms with Crippen LogP contribution >= 0.6 is 8.53 Å². The third kappa shape index (κ3) is 12.3. The van der Waals surface area contributed by atoms with Crippen LogP contribution in [-0.2, 0) is 44.9 Å². The Kier molecular flexibility index (Phi) is 17.4. The number of carbonyl (C=O) groups excluding carboxylic acids is 5. The summed E-state index contributed by atoms with van der Waals surface area (Å²) in [6.07, 6.45) is -2.09. The van der Waals surface area contributed by atoms with E-state index in [1.165, 1.54) is 28.9 Å². The molecular formula is C57H69N8O14P. The Morgan fingerprint density at radius 3 is 2.10 bits per heavy atom. The number of hydrogen-bond acceptors (Lipinski definition) is 18. The van der Waals surface area contributed by atoms with Crippen molar-refractivity contribution in [3.8, 4) is 29.1 Å². The van der Waals surface area contributed by atoms with E-state index in [-0.39, 0.29) is 115 Å². The van der Waals surface area contributed by atoms with E-state index >= 15 is 0 Å². The lowest BCUT2D eigenvalue weighted by atomic mass is 9.77. The highest BCUT2D eigenvalue weighted by molar-refractivity contribution is 7.44. The Morgan fingerprint density at radius 1 is 0.900 bits per heavy atom. The Hall–Kier alpha value is -7.12. The molecule has 426 valence electrons. The number of benzene rings is 3. The number of anilines is 1. The molecule has 8 rings (SSSR count). The van der Waals surface area contributed by atoms with Crippen molar-refractivity contribution in [2.24, 2.45) is 16.7 Å². The van der Waals surface area contributed by atoms with Crippen LogP contribution in [0, 0.1) is 28.1 Å². The number of esters is 3. The van der Waals surface area contributed by atoms with Crippen molar-refractivity contribution in [2.75, 3.05) is 25.1 Å². The van der Waals surface area contributed by atoms with Gasteiger partial charge in [-0.2, -0.15) is 15.3 Å². The number of aryl methyl sites for hydroxylation is 1. The minimum atomic E-state index is -1.67. The SMILES string of the molecule is CC(C)C(=O)Nc1nc2c(c(CCCNC(=O)c3ccc4c(c3)C3(OC4=O)c4ccc(OC(=O)C(C)(C)C)cc4Oc4cc(OC(=O)C(C)(C)C)ccc43)nn2[C@H]2C[C@H](O)[C@@H](COP(OCCC#N)N(C(C)C)C(C)C)O2)c(=O)[nH]1. The van der Waals surface area contributed by atoms with Crippen molar-refractivity contribution in [3.05, 3.63) is 98.5 Å². The summed E-state index contributed by atoms with van der Waals surface area (Å²) in [7, 11) is -1.64. The zero-order valence-corrected chi connectivity index (χ0v) is 47.9. The number of ether oxygens (including phenoxy) is 5. The van der Waals surface area contributed by atoms with Crippen molar-refractivity contribution >= 4 is 55.2 Å². The fourth-order valence-electron chi connectivity index (χ4n) is 9.31. The summed E-state index contributed by atoms with van der Waals surface area (Å²) in [6.45, 7) is 22.0. The van der Waals surface area contributed by atoms with Crippen molar-refractivity contribution < 1.29 is 61.8 Å². The van der Waals surface area contributed by atoms with Crippen LogP contribution < -0.4 is 30.4 Å². The molecule has 3 aromatic carbocycles. The highest BCUT2D eigenvalue weighted by atomic mass is 31.2. The van der Waals surface area contributed by atoms with Crippen LogP contribution in [0.1, 0.15) is 152 Å². The Balaban J connectivity index is 1.04. The van der Waals surface area contributed by atoms with Gasteiger partial charge < -0.3 is 43.2 Å². The number of aliphatic hydroxyl groups excluding tert-OH is 1. The molecule has 4 atom stereocenters. The molecule has 5 aromatic rings. The van der Waals surface area contributed by atoms with Gasteiger partial charge in [0.15, 0.2) is 17.5 Å². The van der Waals surface area contributed by atoms with Gasteiger partial charge in [0.25, 0.3) is 20.0 Å². The molecule has 1 saturated heterocycles. The lowest BCUT2D eigenvalue weighted by Gasteiger charge is -2.37. The second-order valence-electron chi connectivity index (χ2n) is 22.8. The van der Waals surface area contributed by atoms with Gasteiger partial charge in [-0.3, -0.25) is 34.3 Å². The number of aliphatic hydroxyl groups is 1. The number of amides is 2. The number of H-pyrrole nitrogens is 1. The normalized spacial score (nSPS) is 17.7. The molecule has 5 heterocycles. The van der Waals surface area contributed by atoms with Crippen LogP contribution in [0.4, 0.5) is 5.95 Å². The summed E-state index contributed by atoms with van der Waals surface area (Å²) in [6, 6.07) is 16.2. The van der Waals surface area contributed by atoms with Crippen molar-refractivity contribution in [1.82, 2.24) is 29.7 Å². The van der Waals surface area contributed by atoms with E-state index in [1.807, 2.05) is 27.7 Å². The highest BCUT2D eigenvalue weighted by Gasteiger charge is 2.54. The molecule has 4 N–H and O–H groups in total. The van der Waals surface area contributed by atoms with E-state index in [0.717, 1.165) is 0 Å². The Bertz CT molecular complexity index is 3230. The fourth-order valence-corrected chi connectivity index (χ4v) is 10.9. The van der Waals surface area contributed by atoms with Gasteiger partial charge in [-0.05, 0) is 125 Å². The van der Waals surface area contributed by atoms with Crippen LogP contribution in [0.25, 0.3) is 11.0 Å². The first-order valence-electron chi connectivity index (χ1n) is 26.7. The first-order chi connectivity index (χ1) is 37.7. The van der Waals surface area contributed by atoms with E-state index in [9.17, 15) is 33.9 Å². The lowest BCUT2D eigenvalue weighted by molar-refractivity contribution is -0.143. The van der Waals surface area contributed by atoms with Gasteiger partial charge in [-0.1, -0.05) is 13.8 Å². The van der Waals surface area contributed by atoms with Crippen molar-refractivity contribution in [1.29, 1.82) is 5.26 Å². The fraction of sp³-hybridized carbons (Fsp3) is 0.491. The largest absolute Gasteiger partial charge is 0.456 e. The molecule has 2 aromatic heterocycles. The van der Waals surface area contributed by atoms with Gasteiger partial charge >= 0.3 is 17.9 Å². The maximum atomic E-state index is 14.2. The van der Waals surface area contributed by atoms with E-state index in [4.69, 9.17) is 43.1 Å². The number of fused-ring (bicyclic) bond motifs is 7. The van der Waals surface area contributed by atoms with Gasteiger partial charge in [0.05, 0.1) is 53.9 Å². The maximum absolute atomic E-state index is 14.2. The predicted octanol–water partition coefficient (Wildman–Crippen LogP) is 8.49. The summed E-state index contributed by atoms with van der Waals surface area (Å²) in [4.78, 5) is 87.9. The molecule has 1 unspecified atom stereocenters. The summed E-state index contributed by atoms with van der Waals surface area (Å²) in [5.41, 5.74) is -2.03. The molecule has 1 spiro atoms. The molecule has 0 bridgehead atoms. The topological polar surface area (TPSA) is 285 Å². The van der Waals surface area contributed by atoms with E-state index in [0.29, 0.717) is 22.4 Å². The van der Waals surface area contributed by atoms with Gasteiger partial charge in [-0.15, -0.1) is 0 Å². The van der Waals surface area contributed by atoms with Gasteiger partial charge in [0, 0.05) is 65.4 Å². The third-order valence-corrected chi connectivity index (χ3v) is 15.5. The highest BCUT2D eigenvalue weighted by Crippen LogP contribution is 2.57. The zero-order chi connectivity index (χ0) is 58.2. The van der Waals surface area contributed by atoms with Crippen LogP contribution in [0.15, 0.2) is 59.4 Å². The number of carbonyl (C=O) groups is 5. The second kappa shape index (κ2) is 23.5. The average molecular weight is 1120 g/mol. The number of nitriles is 1. The summed E-state index contributed by atoms with van der Waals surface area (Å²) in [5.74, 6) is -2.36. The van der Waals surface area contributed by atoms with E-state index in [2.05, 4.69) is 31.3 Å². The third-order valence-electron chi connectivity index (χ3n) is 13.4. The van der Waals surface area contributed by atoms with Crippen LogP contribution in [-0.4, -0.2) is 103 Å². The first kappa shape index (κ1) is 59.0. The van der Waals surface area contributed by atoms with Crippen molar-refractivity contribution in [3.63, 3.8) is 0 Å². The summed E-state index contributed by atoms with van der Waals surface area (Å²) in [5, 5.41) is 31.0. The van der Waals surface area contributed by atoms with E-state index in [1.54, 1.807) is 85.7 Å². The first-order valence-corrected chi connectivity index (χ1v) is 27.8. The van der Waals surface area contributed by atoms with Crippen LogP contribution in [0.5, 0.6) is 23.0 Å². The summed E-state index contributed by atoms with van der Waals surface area (Å²) < 4.78 is 46.4. The zero-order valence-electron chi connectivity index (χ0n) is 47.0. The number of aromatic amines is 1. The average Bonchev–Trinajstić information content (AvgIpc) is 4.18. The monoisotopic (exact) mass is 1120 g/mol. The number of nitrogens with zero attached hydrogens (tertiary/aromatic N) is 5. The number of nitrogens with one attached hydrogen (secondary N) is 3. The number of rotatable bonds is 19. The number of aromatic nitrogens is 4. The quantitative estimate of drug-likeness (QED) is 0.0261. The summed E-state index contributed by atoms with van der Waals surface area (Å²) >= 11 is 0. The predicted molar refractivity (Wildman–Crippen MR) is 293 cm³/mol. The molecule has 1 fully saturated rings. The van der Waals surface area contributed by atoms with Gasteiger partial charge in [-0.25, -0.2) is 14.1 Å². The minimum Gasteiger partial charge on any atom is -0.456 e. The van der Waals surface area contributed by atoms with E-state index < -0.39 is 78.7 Å². The second-order valence-corrected chi connectivity index (χ2v) is 24.3. The van der Waals surface area contributed by atoms with Crippen LogP contribution in [0.2, 0.25) is 0 Å². The van der Waals surface area contributed by atoms with Crippen LogP contribution in [0.3, 0.4) is 0 Å². The minimum absolute atomic E-state index is 0.0426. The molecule has 80 heavy (non-hydrogen) atoms. The molecule has 0 saturated carbocycles. The van der Waals surface area contributed by atoms with Gasteiger partial charge in [0.1, 0.15) is 34.5 Å². The Morgan fingerprint density at radius 2 is 1.52 bits per heavy atom. The molecule has 0 aliphatic carbocycles. The molecule has 23 heteroatoms. The molecule has 3 aliphatic heterocycles. The molecule has 3 aliphatic rings. The Labute approximate surface area is 464 Å². The number of hydrogen-bond donors (Lipinski definition) is 4. The molecule has 22 nitrogen and oxygen atoms in total. The smallest absolute Gasteiger partial charge is 0.340 e. The molecule has 0 radical (unpaired) electrons.